The Morgan fingerprint density at radius 3 is 2.67 bits per heavy atom. The van der Waals surface area contributed by atoms with E-state index in [4.69, 9.17) is 10.9 Å². The monoisotopic (exact) mass is 285 g/mol. The minimum atomic E-state index is -0.186. The summed E-state index contributed by atoms with van der Waals surface area (Å²) in [5.41, 5.74) is 8.52. The molecular weight excluding hydrogens is 266 g/mol. The van der Waals surface area contributed by atoms with Crippen molar-refractivity contribution < 1.29 is 5.21 Å². The molecule has 4 N–H and O–H groups in total. The van der Waals surface area contributed by atoms with Crippen molar-refractivity contribution in [2.75, 3.05) is 6.54 Å². The summed E-state index contributed by atoms with van der Waals surface area (Å²) >= 11 is 0. The topological polar surface area (TPSA) is 96.4 Å². The molecule has 21 heavy (non-hydrogen) atoms. The molecule has 0 bridgehead atoms. The van der Waals surface area contributed by atoms with Crippen LogP contribution in [0.3, 0.4) is 0 Å². The van der Waals surface area contributed by atoms with E-state index in [9.17, 15) is 0 Å². The number of amidine groups is 1. The maximum atomic E-state index is 8.93. The highest BCUT2D eigenvalue weighted by Crippen LogP contribution is 2.14. The normalized spacial score (nSPS) is 13.1. The third kappa shape index (κ3) is 4.25. The number of nitrogens with one attached hydrogen (secondary N) is 1. The van der Waals surface area contributed by atoms with Crippen LogP contribution in [-0.2, 0) is 6.54 Å². The Hall–Kier alpha value is -2.47. The number of aromatic nitrogens is 2. The lowest BCUT2D eigenvalue weighted by atomic mass is 9.98. The van der Waals surface area contributed by atoms with Crippen molar-refractivity contribution in [1.82, 2.24) is 15.3 Å². The Balaban J connectivity index is 1.98. The molecule has 1 aromatic carbocycles. The molecule has 0 saturated heterocycles. The second kappa shape index (κ2) is 7.35. The molecule has 1 atom stereocenters. The number of oxime groups is 1. The molecule has 0 saturated carbocycles. The summed E-state index contributed by atoms with van der Waals surface area (Å²) in [6, 6.07) is 9.70. The molecule has 110 valence electrons. The number of hydrogen-bond acceptors (Lipinski definition) is 5. The van der Waals surface area contributed by atoms with Gasteiger partial charge in [0, 0.05) is 25.5 Å². The van der Waals surface area contributed by atoms with Gasteiger partial charge in [-0.1, -0.05) is 35.5 Å². The van der Waals surface area contributed by atoms with Gasteiger partial charge in [-0.2, -0.15) is 0 Å². The molecule has 2 rings (SSSR count). The van der Waals surface area contributed by atoms with Crippen molar-refractivity contribution in [3.8, 4) is 0 Å². The number of rotatable bonds is 6. The fourth-order valence-electron chi connectivity index (χ4n) is 2.00. The molecular formula is C15H19N5O. The Bertz CT molecular complexity index is 583. The largest absolute Gasteiger partial charge is 0.409 e. The fraction of sp³-hybridized carbons (Fsp3) is 0.267. The smallest absolute Gasteiger partial charge is 0.147 e. The van der Waals surface area contributed by atoms with E-state index < -0.39 is 0 Å². The summed E-state index contributed by atoms with van der Waals surface area (Å²) in [5, 5.41) is 15.3. The molecule has 0 fully saturated rings. The van der Waals surface area contributed by atoms with Crippen LogP contribution >= 0.6 is 0 Å². The third-order valence-electron chi connectivity index (χ3n) is 3.16. The van der Waals surface area contributed by atoms with Gasteiger partial charge in [0.1, 0.15) is 5.84 Å². The molecule has 1 unspecified atom stereocenters. The van der Waals surface area contributed by atoms with Crippen LogP contribution < -0.4 is 11.1 Å². The maximum Gasteiger partial charge on any atom is 0.147 e. The zero-order valence-electron chi connectivity index (χ0n) is 11.9. The highest BCUT2D eigenvalue weighted by atomic mass is 16.4. The van der Waals surface area contributed by atoms with Crippen molar-refractivity contribution in [3.63, 3.8) is 0 Å². The van der Waals surface area contributed by atoms with Crippen molar-refractivity contribution in [2.24, 2.45) is 10.9 Å². The van der Waals surface area contributed by atoms with Gasteiger partial charge in [-0.15, -0.1) is 0 Å². The van der Waals surface area contributed by atoms with E-state index in [0.717, 1.165) is 17.0 Å². The number of hydrogen-bond donors (Lipinski definition) is 3. The van der Waals surface area contributed by atoms with E-state index in [1.165, 1.54) is 0 Å². The Morgan fingerprint density at radius 1 is 1.29 bits per heavy atom. The lowest BCUT2D eigenvalue weighted by Gasteiger charge is -2.16. The van der Waals surface area contributed by atoms with Gasteiger partial charge in [0.25, 0.3) is 0 Å². The first kappa shape index (κ1) is 14.9. The zero-order chi connectivity index (χ0) is 15.1. The van der Waals surface area contributed by atoms with Gasteiger partial charge in [-0.05, 0) is 12.5 Å². The summed E-state index contributed by atoms with van der Waals surface area (Å²) in [6.45, 7) is 3.03. The highest BCUT2D eigenvalue weighted by molar-refractivity contribution is 5.87. The van der Waals surface area contributed by atoms with Crippen LogP contribution in [0.1, 0.15) is 22.9 Å². The number of nitrogens with zero attached hydrogens (tertiary/aromatic N) is 3. The molecule has 6 heteroatoms. The van der Waals surface area contributed by atoms with Crippen molar-refractivity contribution in [3.05, 3.63) is 59.7 Å². The first-order valence-corrected chi connectivity index (χ1v) is 6.71. The second-order valence-corrected chi connectivity index (χ2v) is 4.77. The third-order valence-corrected chi connectivity index (χ3v) is 3.16. The summed E-state index contributed by atoms with van der Waals surface area (Å²) in [4.78, 5) is 8.47. The van der Waals surface area contributed by atoms with Crippen molar-refractivity contribution >= 4 is 5.84 Å². The summed E-state index contributed by atoms with van der Waals surface area (Å²) < 4.78 is 0. The molecule has 6 nitrogen and oxygen atoms in total. The van der Waals surface area contributed by atoms with Crippen LogP contribution in [0.25, 0.3) is 0 Å². The van der Waals surface area contributed by atoms with Crippen LogP contribution in [0, 0.1) is 6.92 Å². The van der Waals surface area contributed by atoms with Gasteiger partial charge in [-0.3, -0.25) is 9.97 Å². The molecule has 0 aliphatic carbocycles. The minimum Gasteiger partial charge on any atom is -0.409 e. The maximum absolute atomic E-state index is 8.93. The van der Waals surface area contributed by atoms with Gasteiger partial charge in [0.2, 0.25) is 0 Å². The van der Waals surface area contributed by atoms with Crippen LogP contribution in [0.4, 0.5) is 0 Å². The zero-order valence-corrected chi connectivity index (χ0v) is 11.9. The molecule has 0 aliphatic heterocycles. The average molecular weight is 285 g/mol. The lowest BCUT2D eigenvalue weighted by molar-refractivity contribution is 0.315. The fourth-order valence-corrected chi connectivity index (χ4v) is 2.00. The first-order valence-electron chi connectivity index (χ1n) is 6.71. The minimum absolute atomic E-state index is 0.184. The van der Waals surface area contributed by atoms with Crippen molar-refractivity contribution in [2.45, 2.75) is 19.4 Å². The molecule has 2 aromatic rings. The van der Waals surface area contributed by atoms with Gasteiger partial charge in [0.05, 0.1) is 17.3 Å². The average Bonchev–Trinajstić information content (AvgIpc) is 2.53. The number of nitrogens with two attached hydrogens (primary N) is 1. The first-order chi connectivity index (χ1) is 10.2. The van der Waals surface area contributed by atoms with Crippen molar-refractivity contribution in [1.29, 1.82) is 0 Å². The van der Waals surface area contributed by atoms with E-state index in [1.54, 1.807) is 12.4 Å². The van der Waals surface area contributed by atoms with E-state index >= 15 is 0 Å². The quantitative estimate of drug-likeness (QED) is 0.323. The van der Waals surface area contributed by atoms with E-state index in [1.807, 2.05) is 37.3 Å². The molecule has 0 radical (unpaired) electrons. The number of aryl methyl sites for hydroxylation is 1. The molecule has 1 aromatic heterocycles. The molecule has 0 spiro atoms. The summed E-state index contributed by atoms with van der Waals surface area (Å²) in [6.07, 6.45) is 3.47. The number of benzene rings is 1. The SMILES string of the molecule is Cc1cnc(CNCC(C(N)=NO)c2ccccc2)cn1. The van der Waals surface area contributed by atoms with E-state index in [2.05, 4.69) is 20.4 Å². The van der Waals surface area contributed by atoms with Gasteiger partial charge in [-0.25, -0.2) is 0 Å². The van der Waals surface area contributed by atoms with Gasteiger partial charge in [0.15, 0.2) is 0 Å². The summed E-state index contributed by atoms with van der Waals surface area (Å²) in [7, 11) is 0. The van der Waals surface area contributed by atoms with Crippen LogP contribution in [-0.4, -0.2) is 27.6 Å². The predicted molar refractivity (Wildman–Crippen MR) is 81.1 cm³/mol. The molecule has 0 aliphatic rings. The van der Waals surface area contributed by atoms with Gasteiger partial charge < -0.3 is 16.3 Å². The Labute approximate surface area is 123 Å². The second-order valence-electron chi connectivity index (χ2n) is 4.77. The highest BCUT2D eigenvalue weighted by Gasteiger charge is 2.16. The molecule has 0 amide bonds. The standard InChI is InChI=1S/C15H19N5O/c1-11-7-19-13(9-18-11)8-17-10-14(15(16)20-21)12-5-3-2-4-6-12/h2-7,9,14,17,21H,8,10H2,1H3,(H2,16,20). The Morgan fingerprint density at radius 2 is 2.05 bits per heavy atom. The van der Waals surface area contributed by atoms with Gasteiger partial charge >= 0.3 is 0 Å². The van der Waals surface area contributed by atoms with Crippen LogP contribution in [0.15, 0.2) is 47.9 Å². The lowest BCUT2D eigenvalue weighted by Crippen LogP contribution is -2.31. The van der Waals surface area contributed by atoms with E-state index in [-0.39, 0.29) is 11.8 Å². The van der Waals surface area contributed by atoms with Crippen LogP contribution in [0.2, 0.25) is 0 Å². The molecule has 1 heterocycles. The van der Waals surface area contributed by atoms with Crippen LogP contribution in [0.5, 0.6) is 0 Å². The Kier molecular flexibility index (Phi) is 5.22. The summed E-state index contributed by atoms with van der Waals surface area (Å²) in [5.74, 6) is -0.00158. The predicted octanol–water partition coefficient (Wildman–Crippen LogP) is 1.40. The van der Waals surface area contributed by atoms with E-state index in [0.29, 0.717) is 13.1 Å².